The van der Waals surface area contributed by atoms with Gasteiger partial charge in [-0.15, -0.1) is 11.3 Å². The van der Waals surface area contributed by atoms with Gasteiger partial charge in [-0.3, -0.25) is 10.1 Å². The molecular weight excluding hydrogens is 376 g/mol. The minimum absolute atomic E-state index is 0.253. The van der Waals surface area contributed by atoms with E-state index in [1.54, 1.807) is 5.38 Å². The zero-order valence-corrected chi connectivity index (χ0v) is 16.8. The minimum Gasteiger partial charge on any atom is -0.331 e. The highest BCUT2D eigenvalue weighted by molar-refractivity contribution is 7.22. The third kappa shape index (κ3) is 3.70. The van der Waals surface area contributed by atoms with Gasteiger partial charge in [0.1, 0.15) is 5.69 Å². The van der Waals surface area contributed by atoms with E-state index in [-0.39, 0.29) is 5.91 Å². The van der Waals surface area contributed by atoms with Crippen LogP contribution in [0.1, 0.15) is 27.2 Å². The van der Waals surface area contributed by atoms with Crippen LogP contribution >= 0.6 is 22.7 Å². The van der Waals surface area contributed by atoms with Crippen molar-refractivity contribution < 1.29 is 4.79 Å². The molecule has 0 saturated carbocycles. The monoisotopic (exact) mass is 394 g/mol. The van der Waals surface area contributed by atoms with Gasteiger partial charge in [0.25, 0.3) is 5.91 Å². The third-order valence-corrected chi connectivity index (χ3v) is 5.90. The predicted molar refractivity (Wildman–Crippen MR) is 114 cm³/mol. The summed E-state index contributed by atoms with van der Waals surface area (Å²) in [6.07, 6.45) is 0. The van der Waals surface area contributed by atoms with Crippen LogP contribution < -0.4 is 10.6 Å². The molecule has 0 radical (unpaired) electrons. The molecule has 2 aromatic heterocycles. The molecule has 136 valence electrons. The fourth-order valence-electron chi connectivity index (χ4n) is 2.81. The summed E-state index contributed by atoms with van der Waals surface area (Å²) < 4.78 is 1.06. The van der Waals surface area contributed by atoms with Gasteiger partial charge < -0.3 is 5.32 Å². The molecule has 2 heterocycles. The van der Waals surface area contributed by atoms with Crippen LogP contribution in [0.2, 0.25) is 0 Å². The van der Waals surface area contributed by atoms with Crippen molar-refractivity contribution in [3.63, 3.8) is 0 Å². The SMILES string of the molecule is Cc1ccc(Nc2nc(C(=O)Nc3nc4c(C)cccc4s3)cs2)c(C)c1. The Morgan fingerprint density at radius 3 is 2.63 bits per heavy atom. The Labute approximate surface area is 165 Å². The molecule has 0 saturated heterocycles. The van der Waals surface area contributed by atoms with Crippen LogP contribution in [0, 0.1) is 20.8 Å². The molecule has 0 unspecified atom stereocenters. The molecular formula is C20H18N4OS2. The summed E-state index contributed by atoms with van der Waals surface area (Å²) in [5.41, 5.74) is 5.74. The van der Waals surface area contributed by atoms with Gasteiger partial charge in [-0.25, -0.2) is 9.97 Å². The van der Waals surface area contributed by atoms with Gasteiger partial charge in [0.05, 0.1) is 10.2 Å². The smallest absolute Gasteiger partial charge is 0.276 e. The average molecular weight is 395 g/mol. The summed E-state index contributed by atoms with van der Waals surface area (Å²) in [6.45, 7) is 6.12. The van der Waals surface area contributed by atoms with Crippen LogP contribution in [-0.2, 0) is 0 Å². The number of aromatic nitrogens is 2. The van der Waals surface area contributed by atoms with Crippen molar-refractivity contribution in [2.45, 2.75) is 20.8 Å². The molecule has 0 atom stereocenters. The number of aryl methyl sites for hydroxylation is 3. The van der Waals surface area contributed by atoms with Crippen molar-refractivity contribution >= 4 is 54.7 Å². The molecule has 0 aliphatic heterocycles. The number of para-hydroxylation sites is 1. The number of hydrogen-bond acceptors (Lipinski definition) is 6. The normalized spacial score (nSPS) is 10.9. The quantitative estimate of drug-likeness (QED) is 0.468. The first-order valence-electron chi connectivity index (χ1n) is 8.47. The zero-order valence-electron chi connectivity index (χ0n) is 15.2. The Bertz CT molecular complexity index is 1150. The van der Waals surface area contributed by atoms with Crippen molar-refractivity contribution in [1.29, 1.82) is 0 Å². The van der Waals surface area contributed by atoms with Crippen molar-refractivity contribution in [3.8, 4) is 0 Å². The lowest BCUT2D eigenvalue weighted by atomic mass is 10.1. The van der Waals surface area contributed by atoms with Crippen LogP contribution in [0.4, 0.5) is 16.0 Å². The summed E-state index contributed by atoms with van der Waals surface area (Å²) >= 11 is 2.87. The van der Waals surface area contributed by atoms with Gasteiger partial charge in [0.15, 0.2) is 10.3 Å². The minimum atomic E-state index is -0.253. The van der Waals surface area contributed by atoms with Crippen molar-refractivity contribution in [2.24, 2.45) is 0 Å². The maximum Gasteiger partial charge on any atom is 0.276 e. The topological polar surface area (TPSA) is 66.9 Å². The second-order valence-corrected chi connectivity index (χ2v) is 8.26. The zero-order chi connectivity index (χ0) is 19.0. The van der Waals surface area contributed by atoms with E-state index in [1.165, 1.54) is 28.2 Å². The highest BCUT2D eigenvalue weighted by atomic mass is 32.1. The highest BCUT2D eigenvalue weighted by Gasteiger charge is 2.14. The largest absolute Gasteiger partial charge is 0.331 e. The second-order valence-electron chi connectivity index (χ2n) is 6.38. The molecule has 0 spiro atoms. The molecule has 0 aliphatic carbocycles. The van der Waals surface area contributed by atoms with Gasteiger partial charge in [0, 0.05) is 11.1 Å². The van der Waals surface area contributed by atoms with Crippen LogP contribution in [0.3, 0.4) is 0 Å². The first-order valence-corrected chi connectivity index (χ1v) is 10.2. The molecule has 4 rings (SSSR count). The molecule has 0 bridgehead atoms. The Balaban J connectivity index is 1.50. The van der Waals surface area contributed by atoms with Gasteiger partial charge in [-0.1, -0.05) is 41.2 Å². The summed E-state index contributed by atoms with van der Waals surface area (Å²) in [4.78, 5) is 21.5. The molecule has 0 aliphatic rings. The Hall–Kier alpha value is -2.77. The molecule has 2 N–H and O–H groups in total. The summed E-state index contributed by atoms with van der Waals surface area (Å²) in [5.74, 6) is -0.253. The van der Waals surface area contributed by atoms with Gasteiger partial charge in [-0.05, 0) is 44.0 Å². The van der Waals surface area contributed by atoms with E-state index in [0.717, 1.165) is 27.0 Å². The number of fused-ring (bicyclic) bond motifs is 1. The number of anilines is 3. The van der Waals surface area contributed by atoms with Crippen molar-refractivity contribution in [2.75, 3.05) is 10.6 Å². The summed E-state index contributed by atoms with van der Waals surface area (Å²) in [5, 5.41) is 9.16. The molecule has 1 amide bonds. The Kier molecular flexibility index (Phi) is 4.63. The van der Waals surface area contributed by atoms with E-state index in [1.807, 2.05) is 44.2 Å². The Morgan fingerprint density at radius 2 is 1.85 bits per heavy atom. The van der Waals surface area contributed by atoms with E-state index in [2.05, 4.69) is 33.6 Å². The highest BCUT2D eigenvalue weighted by Crippen LogP contribution is 2.29. The van der Waals surface area contributed by atoms with Crippen molar-refractivity contribution in [3.05, 3.63) is 64.2 Å². The number of nitrogens with one attached hydrogen (secondary N) is 2. The summed E-state index contributed by atoms with van der Waals surface area (Å²) in [6, 6.07) is 12.2. The predicted octanol–water partition coefficient (Wildman–Crippen LogP) is 5.67. The number of amides is 1. The first-order chi connectivity index (χ1) is 13.0. The van der Waals surface area contributed by atoms with E-state index < -0.39 is 0 Å². The number of thiazole rings is 2. The maximum atomic E-state index is 12.5. The molecule has 0 fully saturated rings. The second kappa shape index (κ2) is 7.09. The lowest BCUT2D eigenvalue weighted by Crippen LogP contribution is -2.12. The van der Waals surface area contributed by atoms with E-state index in [9.17, 15) is 4.79 Å². The van der Waals surface area contributed by atoms with Gasteiger partial charge in [-0.2, -0.15) is 0 Å². The average Bonchev–Trinajstić information content (AvgIpc) is 3.25. The molecule has 4 aromatic rings. The van der Waals surface area contributed by atoms with Crippen LogP contribution in [0.25, 0.3) is 10.2 Å². The van der Waals surface area contributed by atoms with Crippen LogP contribution in [-0.4, -0.2) is 15.9 Å². The van der Waals surface area contributed by atoms with Crippen LogP contribution in [0.5, 0.6) is 0 Å². The van der Waals surface area contributed by atoms with E-state index >= 15 is 0 Å². The van der Waals surface area contributed by atoms with Crippen molar-refractivity contribution in [1.82, 2.24) is 9.97 Å². The maximum absolute atomic E-state index is 12.5. The van der Waals surface area contributed by atoms with Crippen LogP contribution in [0.15, 0.2) is 41.8 Å². The number of carbonyl (C=O) groups excluding carboxylic acids is 1. The van der Waals surface area contributed by atoms with E-state index in [0.29, 0.717) is 16.0 Å². The Morgan fingerprint density at radius 1 is 1.00 bits per heavy atom. The molecule has 5 nitrogen and oxygen atoms in total. The standard InChI is InChI=1S/C20H18N4OS2/c1-11-7-8-14(13(3)9-11)21-19-22-15(10-26-19)18(25)24-20-23-17-12(2)5-4-6-16(17)27-20/h4-10H,1-3H3,(H,21,22)(H,23,24,25). The lowest BCUT2D eigenvalue weighted by molar-refractivity contribution is 0.102. The molecule has 7 heteroatoms. The number of rotatable bonds is 4. The fourth-order valence-corrected chi connectivity index (χ4v) is 4.45. The van der Waals surface area contributed by atoms with Gasteiger partial charge >= 0.3 is 0 Å². The summed E-state index contributed by atoms with van der Waals surface area (Å²) in [7, 11) is 0. The lowest BCUT2D eigenvalue weighted by Gasteiger charge is -2.07. The van der Waals surface area contributed by atoms with E-state index in [4.69, 9.17) is 0 Å². The van der Waals surface area contributed by atoms with Gasteiger partial charge in [0.2, 0.25) is 0 Å². The fraction of sp³-hybridized carbons (Fsp3) is 0.150. The number of benzene rings is 2. The number of hydrogen-bond donors (Lipinski definition) is 2. The molecule has 2 aromatic carbocycles. The first kappa shape index (κ1) is 17.6. The third-order valence-electron chi connectivity index (χ3n) is 4.20. The number of nitrogens with zero attached hydrogens (tertiary/aromatic N) is 2. The number of carbonyl (C=O) groups is 1. The molecule has 27 heavy (non-hydrogen) atoms.